The number of amides is 1. The molecule has 5 nitrogen and oxygen atoms in total. The molecule has 21 heavy (non-hydrogen) atoms. The molecule has 0 saturated carbocycles. The second kappa shape index (κ2) is 6.69. The van der Waals surface area contributed by atoms with E-state index in [0.29, 0.717) is 18.5 Å². The number of sulfonamides is 1. The summed E-state index contributed by atoms with van der Waals surface area (Å²) in [6, 6.07) is 10.3. The zero-order chi connectivity index (χ0) is 15.5. The van der Waals surface area contributed by atoms with Gasteiger partial charge in [0.05, 0.1) is 5.56 Å². The molecule has 0 bridgehead atoms. The Bertz CT molecular complexity index is 756. The van der Waals surface area contributed by atoms with Crippen molar-refractivity contribution in [2.45, 2.75) is 10.6 Å². The summed E-state index contributed by atoms with van der Waals surface area (Å²) in [7, 11) is -3.65. The quantitative estimate of drug-likeness (QED) is 0.821. The molecule has 0 fully saturated rings. The van der Waals surface area contributed by atoms with Crippen molar-refractivity contribution in [3.63, 3.8) is 0 Å². The van der Waals surface area contributed by atoms with Gasteiger partial charge in [0.15, 0.2) is 0 Å². The Labute approximate surface area is 135 Å². The molecule has 8 heteroatoms. The zero-order valence-corrected chi connectivity index (χ0v) is 14.1. The first-order chi connectivity index (χ1) is 9.88. The van der Waals surface area contributed by atoms with Crippen molar-refractivity contribution < 1.29 is 13.2 Å². The second-order valence-corrected chi connectivity index (χ2v) is 8.06. The van der Waals surface area contributed by atoms with Crippen molar-refractivity contribution in [3.8, 4) is 0 Å². The minimum Gasteiger partial charge on any atom is -0.352 e. The van der Waals surface area contributed by atoms with E-state index in [1.165, 1.54) is 6.07 Å². The van der Waals surface area contributed by atoms with Crippen molar-refractivity contribution in [2.75, 3.05) is 6.54 Å². The highest BCUT2D eigenvalue weighted by atomic mass is 79.9. The molecule has 1 aromatic heterocycles. The lowest BCUT2D eigenvalue weighted by Crippen LogP contribution is -2.25. The molecule has 0 atom stereocenters. The fourth-order valence-corrected chi connectivity index (χ4v) is 3.93. The molecule has 2 aromatic rings. The lowest BCUT2D eigenvalue weighted by Gasteiger charge is -2.05. The van der Waals surface area contributed by atoms with E-state index in [9.17, 15) is 13.2 Å². The Balaban J connectivity index is 1.92. The zero-order valence-electron chi connectivity index (χ0n) is 10.9. The summed E-state index contributed by atoms with van der Waals surface area (Å²) in [5.41, 5.74) is 0.564. The van der Waals surface area contributed by atoms with Gasteiger partial charge in [-0.1, -0.05) is 12.1 Å². The second-order valence-electron chi connectivity index (χ2n) is 4.25. The SMILES string of the molecule is NS(=O)(=O)c1ccc(CCNC(=O)c2ccccc2Br)s1. The first kappa shape index (κ1) is 16.2. The molecular weight excluding hydrogens is 376 g/mol. The fraction of sp³-hybridized carbons (Fsp3) is 0.154. The van der Waals surface area contributed by atoms with Gasteiger partial charge in [-0.2, -0.15) is 0 Å². The fourth-order valence-electron chi connectivity index (χ4n) is 1.69. The van der Waals surface area contributed by atoms with Crippen LogP contribution in [-0.4, -0.2) is 20.9 Å². The molecule has 0 unspecified atom stereocenters. The molecular formula is C13H13BrN2O3S2. The van der Waals surface area contributed by atoms with Crippen LogP contribution in [0.5, 0.6) is 0 Å². The molecule has 1 amide bonds. The van der Waals surface area contributed by atoms with E-state index >= 15 is 0 Å². The number of primary sulfonamides is 1. The Morgan fingerprint density at radius 2 is 1.95 bits per heavy atom. The van der Waals surface area contributed by atoms with Gasteiger partial charge in [0.1, 0.15) is 4.21 Å². The van der Waals surface area contributed by atoms with E-state index in [0.717, 1.165) is 20.7 Å². The first-order valence-electron chi connectivity index (χ1n) is 6.02. The number of benzene rings is 1. The minimum absolute atomic E-state index is 0.134. The lowest BCUT2D eigenvalue weighted by atomic mass is 10.2. The van der Waals surface area contributed by atoms with Crippen LogP contribution in [-0.2, 0) is 16.4 Å². The summed E-state index contributed by atoms with van der Waals surface area (Å²) < 4.78 is 23.2. The smallest absolute Gasteiger partial charge is 0.252 e. The van der Waals surface area contributed by atoms with Crippen LogP contribution in [0, 0.1) is 0 Å². The third kappa shape index (κ3) is 4.37. The number of carbonyl (C=O) groups excluding carboxylic acids is 1. The predicted molar refractivity (Wildman–Crippen MR) is 85.9 cm³/mol. The van der Waals surface area contributed by atoms with E-state index < -0.39 is 10.0 Å². The molecule has 0 spiro atoms. The van der Waals surface area contributed by atoms with Gasteiger partial charge in [-0.15, -0.1) is 11.3 Å². The van der Waals surface area contributed by atoms with Crippen molar-refractivity contribution in [1.29, 1.82) is 0 Å². The third-order valence-electron chi connectivity index (χ3n) is 2.69. The number of hydrogen-bond acceptors (Lipinski definition) is 4. The molecule has 0 radical (unpaired) electrons. The number of nitrogens with one attached hydrogen (secondary N) is 1. The Morgan fingerprint density at radius 1 is 1.24 bits per heavy atom. The Kier molecular flexibility index (Phi) is 5.15. The molecule has 0 aliphatic rings. The number of thiophene rings is 1. The van der Waals surface area contributed by atoms with E-state index in [2.05, 4.69) is 21.2 Å². The number of carbonyl (C=O) groups is 1. The van der Waals surface area contributed by atoms with Gasteiger partial charge >= 0.3 is 0 Å². The summed E-state index contributed by atoms with van der Waals surface area (Å²) in [5.74, 6) is -0.175. The topological polar surface area (TPSA) is 89.3 Å². The first-order valence-corrected chi connectivity index (χ1v) is 9.18. The van der Waals surface area contributed by atoms with Crippen LogP contribution in [0.25, 0.3) is 0 Å². The molecule has 0 aliphatic carbocycles. The van der Waals surface area contributed by atoms with Crippen molar-refractivity contribution in [1.82, 2.24) is 5.32 Å². The van der Waals surface area contributed by atoms with Gasteiger partial charge < -0.3 is 5.32 Å². The van der Waals surface area contributed by atoms with Crippen molar-refractivity contribution in [3.05, 3.63) is 51.3 Å². The van der Waals surface area contributed by atoms with Gasteiger partial charge in [-0.05, 0) is 46.6 Å². The monoisotopic (exact) mass is 388 g/mol. The predicted octanol–water partition coefficient (Wildman–Crippen LogP) is 2.13. The largest absolute Gasteiger partial charge is 0.352 e. The highest BCUT2D eigenvalue weighted by Gasteiger charge is 2.12. The summed E-state index contributed by atoms with van der Waals surface area (Å²) in [5, 5.41) is 7.84. The van der Waals surface area contributed by atoms with Crippen LogP contribution in [0.2, 0.25) is 0 Å². The molecule has 0 saturated heterocycles. The molecule has 0 aliphatic heterocycles. The van der Waals surface area contributed by atoms with Crippen molar-refractivity contribution >= 4 is 43.2 Å². The number of halogens is 1. The normalized spacial score (nSPS) is 11.3. The number of hydrogen-bond donors (Lipinski definition) is 2. The molecule has 3 N–H and O–H groups in total. The van der Waals surface area contributed by atoms with Crippen LogP contribution in [0.3, 0.4) is 0 Å². The van der Waals surface area contributed by atoms with Crippen LogP contribution in [0.1, 0.15) is 15.2 Å². The summed E-state index contributed by atoms with van der Waals surface area (Å²) in [6.45, 7) is 0.421. The average molecular weight is 389 g/mol. The van der Waals surface area contributed by atoms with Gasteiger partial charge in [-0.3, -0.25) is 4.79 Å². The maximum absolute atomic E-state index is 12.0. The van der Waals surface area contributed by atoms with Gasteiger partial charge in [0, 0.05) is 15.9 Å². The average Bonchev–Trinajstić information content (AvgIpc) is 2.88. The van der Waals surface area contributed by atoms with E-state index in [-0.39, 0.29) is 10.1 Å². The molecule has 112 valence electrons. The Hall–Kier alpha value is -1.22. The minimum atomic E-state index is -3.65. The van der Waals surface area contributed by atoms with Crippen LogP contribution in [0.4, 0.5) is 0 Å². The van der Waals surface area contributed by atoms with Gasteiger partial charge in [0.25, 0.3) is 5.91 Å². The van der Waals surface area contributed by atoms with Gasteiger partial charge in [-0.25, -0.2) is 13.6 Å². The highest BCUT2D eigenvalue weighted by molar-refractivity contribution is 9.10. The van der Waals surface area contributed by atoms with E-state index in [4.69, 9.17) is 5.14 Å². The van der Waals surface area contributed by atoms with E-state index in [1.807, 2.05) is 6.07 Å². The molecule has 2 rings (SSSR count). The number of nitrogens with two attached hydrogens (primary N) is 1. The summed E-state index contributed by atoms with van der Waals surface area (Å²) >= 11 is 4.44. The lowest BCUT2D eigenvalue weighted by molar-refractivity contribution is 0.0953. The third-order valence-corrected chi connectivity index (χ3v) is 5.97. The van der Waals surface area contributed by atoms with Crippen LogP contribution in [0.15, 0.2) is 45.1 Å². The van der Waals surface area contributed by atoms with Crippen LogP contribution < -0.4 is 10.5 Å². The molecule has 1 heterocycles. The highest BCUT2D eigenvalue weighted by Crippen LogP contribution is 2.20. The maximum atomic E-state index is 12.0. The number of rotatable bonds is 5. The maximum Gasteiger partial charge on any atom is 0.252 e. The molecule has 1 aromatic carbocycles. The van der Waals surface area contributed by atoms with Gasteiger partial charge in [0.2, 0.25) is 10.0 Å². The summed E-state index contributed by atoms with van der Waals surface area (Å²) in [4.78, 5) is 12.8. The Morgan fingerprint density at radius 3 is 2.57 bits per heavy atom. The standard InChI is InChI=1S/C13H13BrN2O3S2/c14-11-4-2-1-3-10(11)13(17)16-8-7-9-5-6-12(20-9)21(15,18)19/h1-6H,7-8H2,(H,16,17)(H2,15,18,19). The summed E-state index contributed by atoms with van der Waals surface area (Å²) in [6.07, 6.45) is 0.552. The van der Waals surface area contributed by atoms with E-state index in [1.54, 1.807) is 24.3 Å². The van der Waals surface area contributed by atoms with Crippen LogP contribution >= 0.6 is 27.3 Å². The van der Waals surface area contributed by atoms with Crippen molar-refractivity contribution in [2.24, 2.45) is 5.14 Å².